The van der Waals surface area contributed by atoms with E-state index in [0.29, 0.717) is 16.5 Å². The number of anilines is 1. The molecule has 0 saturated carbocycles. The molecule has 19 heavy (non-hydrogen) atoms. The second kappa shape index (κ2) is 4.78. The number of nitrogen functional groups attached to an aromatic ring is 1. The third-order valence-corrected chi connectivity index (χ3v) is 3.07. The van der Waals surface area contributed by atoms with Crippen molar-refractivity contribution in [3.8, 4) is 22.6 Å². The molecule has 0 aliphatic rings. The van der Waals surface area contributed by atoms with E-state index in [0.717, 1.165) is 16.8 Å². The maximum atomic E-state index is 5.86. The molecule has 4 heteroatoms. The Bertz CT molecular complexity index is 704. The van der Waals surface area contributed by atoms with Crippen LogP contribution in [0.25, 0.3) is 22.6 Å². The van der Waals surface area contributed by atoms with Crippen LogP contribution in [0.2, 0.25) is 5.02 Å². The molecule has 3 rings (SSSR count). The van der Waals surface area contributed by atoms with E-state index >= 15 is 0 Å². The zero-order valence-corrected chi connectivity index (χ0v) is 10.8. The van der Waals surface area contributed by atoms with Crippen molar-refractivity contribution in [1.82, 2.24) is 5.16 Å². The second-order valence-corrected chi connectivity index (χ2v) is 4.65. The van der Waals surface area contributed by atoms with Crippen LogP contribution in [0.4, 0.5) is 5.69 Å². The zero-order chi connectivity index (χ0) is 13.2. The fourth-order valence-electron chi connectivity index (χ4n) is 1.86. The summed E-state index contributed by atoms with van der Waals surface area (Å²) in [5, 5.41) is 4.76. The van der Waals surface area contributed by atoms with Gasteiger partial charge in [0.2, 0.25) is 0 Å². The van der Waals surface area contributed by atoms with Gasteiger partial charge in [-0.05, 0) is 36.4 Å². The Labute approximate surface area is 115 Å². The Morgan fingerprint density at radius 3 is 2.47 bits per heavy atom. The molecule has 1 heterocycles. The van der Waals surface area contributed by atoms with Crippen LogP contribution < -0.4 is 5.73 Å². The Kier molecular flexibility index (Phi) is 2.97. The van der Waals surface area contributed by atoms with Crippen LogP contribution in [-0.2, 0) is 0 Å². The van der Waals surface area contributed by atoms with Gasteiger partial charge in [0.15, 0.2) is 5.76 Å². The summed E-state index contributed by atoms with van der Waals surface area (Å²) in [5.74, 6) is 0.703. The molecule has 2 aromatic carbocycles. The summed E-state index contributed by atoms with van der Waals surface area (Å²) in [5.41, 5.74) is 9.09. The number of nitrogens with two attached hydrogens (primary N) is 1. The quantitative estimate of drug-likeness (QED) is 0.709. The van der Waals surface area contributed by atoms with Gasteiger partial charge in [-0.25, -0.2) is 0 Å². The Balaban J connectivity index is 1.97. The van der Waals surface area contributed by atoms with Gasteiger partial charge in [-0.1, -0.05) is 28.9 Å². The first-order valence-corrected chi connectivity index (χ1v) is 6.19. The van der Waals surface area contributed by atoms with Crippen LogP contribution in [0.3, 0.4) is 0 Å². The molecule has 0 atom stereocenters. The summed E-state index contributed by atoms with van der Waals surface area (Å²) in [6, 6.07) is 16.9. The molecule has 0 saturated heterocycles. The molecular weight excluding hydrogens is 260 g/mol. The highest BCUT2D eigenvalue weighted by Gasteiger charge is 2.08. The zero-order valence-electron chi connectivity index (χ0n) is 10.0. The number of benzene rings is 2. The smallest absolute Gasteiger partial charge is 0.167 e. The van der Waals surface area contributed by atoms with Crippen LogP contribution in [0.5, 0.6) is 0 Å². The van der Waals surface area contributed by atoms with Crippen LogP contribution in [0, 0.1) is 0 Å². The molecule has 0 spiro atoms. The molecule has 0 fully saturated rings. The normalized spacial score (nSPS) is 10.6. The van der Waals surface area contributed by atoms with E-state index in [4.69, 9.17) is 21.9 Å². The predicted molar refractivity (Wildman–Crippen MR) is 76.8 cm³/mol. The molecule has 0 bridgehead atoms. The molecular formula is C15H11ClN2O. The number of rotatable bonds is 2. The predicted octanol–water partition coefficient (Wildman–Crippen LogP) is 4.24. The lowest BCUT2D eigenvalue weighted by molar-refractivity contribution is 0.435. The van der Waals surface area contributed by atoms with Crippen molar-refractivity contribution >= 4 is 17.3 Å². The molecule has 0 unspecified atom stereocenters. The average Bonchev–Trinajstić information content (AvgIpc) is 2.89. The molecule has 2 N–H and O–H groups in total. The summed E-state index contributed by atoms with van der Waals surface area (Å²) >= 11 is 5.86. The van der Waals surface area contributed by atoms with Gasteiger partial charge in [-0.3, -0.25) is 0 Å². The van der Waals surface area contributed by atoms with Crippen molar-refractivity contribution in [2.75, 3.05) is 5.73 Å². The highest BCUT2D eigenvalue weighted by molar-refractivity contribution is 6.30. The summed E-state index contributed by atoms with van der Waals surface area (Å²) in [7, 11) is 0. The first kappa shape index (κ1) is 11.8. The van der Waals surface area contributed by atoms with E-state index in [1.165, 1.54) is 0 Å². The van der Waals surface area contributed by atoms with Crippen molar-refractivity contribution in [3.63, 3.8) is 0 Å². The minimum atomic E-state index is 0.694. The molecule has 3 nitrogen and oxygen atoms in total. The lowest BCUT2D eigenvalue weighted by atomic mass is 10.1. The first-order chi connectivity index (χ1) is 9.22. The fraction of sp³-hybridized carbons (Fsp3) is 0. The molecule has 0 amide bonds. The summed E-state index contributed by atoms with van der Waals surface area (Å²) in [4.78, 5) is 0. The minimum absolute atomic E-state index is 0.694. The third kappa shape index (κ3) is 2.46. The van der Waals surface area contributed by atoms with Gasteiger partial charge >= 0.3 is 0 Å². The van der Waals surface area contributed by atoms with E-state index < -0.39 is 0 Å². The highest BCUT2D eigenvalue weighted by Crippen LogP contribution is 2.27. The monoisotopic (exact) mass is 270 g/mol. The van der Waals surface area contributed by atoms with Gasteiger partial charge < -0.3 is 10.3 Å². The summed E-state index contributed by atoms with van der Waals surface area (Å²) in [6.45, 7) is 0. The van der Waals surface area contributed by atoms with E-state index in [2.05, 4.69) is 5.16 Å². The standard InChI is InChI=1S/C15H11ClN2O/c16-12-6-4-10(5-7-12)15-9-14(18-19-15)11-2-1-3-13(17)8-11/h1-9H,17H2. The fourth-order valence-corrected chi connectivity index (χ4v) is 1.99. The van der Waals surface area contributed by atoms with E-state index in [1.54, 1.807) is 0 Å². The molecule has 1 aromatic heterocycles. The van der Waals surface area contributed by atoms with E-state index in [1.807, 2.05) is 54.6 Å². The lowest BCUT2D eigenvalue weighted by Crippen LogP contribution is -1.84. The number of nitrogens with zero attached hydrogens (tertiary/aromatic N) is 1. The van der Waals surface area contributed by atoms with Gasteiger partial charge in [-0.2, -0.15) is 0 Å². The van der Waals surface area contributed by atoms with Gasteiger partial charge in [-0.15, -0.1) is 0 Å². The topological polar surface area (TPSA) is 52.0 Å². The van der Waals surface area contributed by atoms with Crippen molar-refractivity contribution in [2.45, 2.75) is 0 Å². The van der Waals surface area contributed by atoms with E-state index in [-0.39, 0.29) is 0 Å². The Morgan fingerprint density at radius 2 is 1.74 bits per heavy atom. The third-order valence-electron chi connectivity index (χ3n) is 2.82. The molecule has 0 aliphatic carbocycles. The number of hydrogen-bond donors (Lipinski definition) is 1. The minimum Gasteiger partial charge on any atom is -0.399 e. The van der Waals surface area contributed by atoms with Crippen LogP contribution in [-0.4, -0.2) is 5.16 Å². The number of halogens is 1. The van der Waals surface area contributed by atoms with Gasteiger partial charge in [0.25, 0.3) is 0 Å². The molecule has 3 aromatic rings. The maximum Gasteiger partial charge on any atom is 0.167 e. The highest BCUT2D eigenvalue weighted by atomic mass is 35.5. The lowest BCUT2D eigenvalue weighted by Gasteiger charge is -1.96. The van der Waals surface area contributed by atoms with Crippen LogP contribution in [0.1, 0.15) is 0 Å². The Hall–Kier alpha value is -2.26. The first-order valence-electron chi connectivity index (χ1n) is 5.81. The largest absolute Gasteiger partial charge is 0.399 e. The Morgan fingerprint density at radius 1 is 0.947 bits per heavy atom. The van der Waals surface area contributed by atoms with Crippen molar-refractivity contribution in [2.24, 2.45) is 0 Å². The van der Waals surface area contributed by atoms with Crippen molar-refractivity contribution in [3.05, 3.63) is 59.6 Å². The number of aromatic nitrogens is 1. The van der Waals surface area contributed by atoms with Gasteiger partial charge in [0.05, 0.1) is 0 Å². The van der Waals surface area contributed by atoms with Crippen LogP contribution >= 0.6 is 11.6 Å². The molecule has 0 aliphatic heterocycles. The van der Waals surface area contributed by atoms with E-state index in [9.17, 15) is 0 Å². The average molecular weight is 271 g/mol. The SMILES string of the molecule is Nc1cccc(-c2cc(-c3ccc(Cl)cc3)on2)c1. The number of hydrogen-bond acceptors (Lipinski definition) is 3. The van der Waals surface area contributed by atoms with Crippen molar-refractivity contribution in [1.29, 1.82) is 0 Å². The van der Waals surface area contributed by atoms with Gasteiger partial charge in [0.1, 0.15) is 5.69 Å². The molecule has 94 valence electrons. The second-order valence-electron chi connectivity index (χ2n) is 4.21. The summed E-state index contributed by atoms with van der Waals surface area (Å²) in [6.07, 6.45) is 0. The molecule has 0 radical (unpaired) electrons. The van der Waals surface area contributed by atoms with Gasteiger partial charge in [0, 0.05) is 27.9 Å². The van der Waals surface area contributed by atoms with Crippen LogP contribution in [0.15, 0.2) is 59.1 Å². The van der Waals surface area contributed by atoms with Crippen molar-refractivity contribution < 1.29 is 4.52 Å². The summed E-state index contributed by atoms with van der Waals surface area (Å²) < 4.78 is 5.35. The maximum absolute atomic E-state index is 5.86.